The highest BCUT2D eigenvalue weighted by molar-refractivity contribution is 7.09. The monoisotopic (exact) mass is 267 g/mol. The highest BCUT2D eigenvalue weighted by atomic mass is 32.1. The first kappa shape index (κ1) is 14.2. The highest BCUT2D eigenvalue weighted by Gasteiger charge is 2.09. The second-order valence-corrected chi connectivity index (χ2v) is 4.42. The number of amides is 1. The molecule has 1 rings (SSSR count). The predicted molar refractivity (Wildman–Crippen MR) is 72.8 cm³/mol. The van der Waals surface area contributed by atoms with Gasteiger partial charge < -0.3 is 22.5 Å². The van der Waals surface area contributed by atoms with Gasteiger partial charge in [0.25, 0.3) is 5.91 Å². The molecule has 1 amide bonds. The van der Waals surface area contributed by atoms with Crippen LogP contribution in [0, 0.1) is 0 Å². The minimum absolute atomic E-state index is 0.248. The van der Waals surface area contributed by atoms with Crippen molar-refractivity contribution < 1.29 is 4.79 Å². The summed E-state index contributed by atoms with van der Waals surface area (Å²) in [5.74, 6) is -0.248. The number of aromatic nitrogens is 1. The van der Waals surface area contributed by atoms with Gasteiger partial charge >= 0.3 is 0 Å². The first-order valence-electron chi connectivity index (χ1n) is 5.43. The molecule has 0 atom stereocenters. The summed E-state index contributed by atoms with van der Waals surface area (Å²) in [5, 5.41) is 5.24. The fourth-order valence-corrected chi connectivity index (χ4v) is 1.96. The Balaban J connectivity index is 2.49. The van der Waals surface area contributed by atoms with Crippen molar-refractivity contribution in [2.75, 3.05) is 13.1 Å². The van der Waals surface area contributed by atoms with Crippen LogP contribution in [-0.2, 0) is 6.42 Å². The number of thiazole rings is 1. The summed E-state index contributed by atoms with van der Waals surface area (Å²) in [6, 6.07) is 0. The molecule has 0 saturated carbocycles. The molecule has 0 fully saturated rings. The van der Waals surface area contributed by atoms with Crippen molar-refractivity contribution in [1.82, 2.24) is 10.3 Å². The van der Waals surface area contributed by atoms with Gasteiger partial charge in [0, 0.05) is 17.5 Å². The zero-order valence-corrected chi connectivity index (χ0v) is 10.7. The SMILES string of the molecule is N/C=C\C=C(/N)CNC(=O)c1csc(CCN)n1. The lowest BCUT2D eigenvalue weighted by Gasteiger charge is -2.02. The van der Waals surface area contributed by atoms with Gasteiger partial charge in [-0.25, -0.2) is 4.98 Å². The first-order valence-corrected chi connectivity index (χ1v) is 6.31. The third-order valence-corrected chi connectivity index (χ3v) is 2.93. The Morgan fingerprint density at radius 1 is 1.56 bits per heavy atom. The fourth-order valence-electron chi connectivity index (χ4n) is 1.16. The van der Waals surface area contributed by atoms with E-state index in [0.29, 0.717) is 24.4 Å². The van der Waals surface area contributed by atoms with Crippen LogP contribution in [0.5, 0.6) is 0 Å². The number of allylic oxidation sites excluding steroid dienone is 2. The van der Waals surface area contributed by atoms with E-state index in [1.54, 1.807) is 17.5 Å². The predicted octanol–water partition coefficient (Wildman–Crippen LogP) is -0.311. The van der Waals surface area contributed by atoms with E-state index < -0.39 is 0 Å². The summed E-state index contributed by atoms with van der Waals surface area (Å²) >= 11 is 1.43. The van der Waals surface area contributed by atoms with Crippen LogP contribution in [0.1, 0.15) is 15.5 Å². The van der Waals surface area contributed by atoms with Gasteiger partial charge in [0.1, 0.15) is 5.69 Å². The molecule has 1 aromatic heterocycles. The molecule has 0 unspecified atom stereocenters. The molecule has 7 heteroatoms. The maximum Gasteiger partial charge on any atom is 0.271 e. The second kappa shape index (κ2) is 7.46. The average Bonchev–Trinajstić information content (AvgIpc) is 2.82. The van der Waals surface area contributed by atoms with Gasteiger partial charge in [0.05, 0.1) is 11.6 Å². The Morgan fingerprint density at radius 3 is 3.00 bits per heavy atom. The lowest BCUT2D eigenvalue weighted by Crippen LogP contribution is -2.28. The minimum Gasteiger partial charge on any atom is -0.405 e. The zero-order valence-electron chi connectivity index (χ0n) is 9.93. The maximum atomic E-state index is 11.7. The molecule has 0 radical (unpaired) electrons. The van der Waals surface area contributed by atoms with E-state index >= 15 is 0 Å². The van der Waals surface area contributed by atoms with E-state index in [0.717, 1.165) is 5.01 Å². The van der Waals surface area contributed by atoms with Crippen molar-refractivity contribution in [1.29, 1.82) is 0 Å². The lowest BCUT2D eigenvalue weighted by molar-refractivity contribution is 0.0952. The molecule has 0 aromatic carbocycles. The Labute approximate surface area is 110 Å². The molecule has 7 N–H and O–H groups in total. The number of carbonyl (C=O) groups is 1. The van der Waals surface area contributed by atoms with Crippen molar-refractivity contribution >= 4 is 17.2 Å². The molecule has 98 valence electrons. The van der Waals surface area contributed by atoms with Crippen LogP contribution in [0.25, 0.3) is 0 Å². The minimum atomic E-state index is -0.248. The first-order chi connectivity index (χ1) is 8.67. The standard InChI is InChI=1S/C11H17N5OS/c12-4-1-2-8(14)6-15-11(17)9-7-18-10(16-9)3-5-13/h1-2,4,7H,3,5-6,12-14H2,(H,15,17)/b4-1-,8-2-. The largest absolute Gasteiger partial charge is 0.405 e. The number of nitrogens with two attached hydrogens (primary N) is 3. The van der Waals surface area contributed by atoms with Crippen molar-refractivity contribution in [3.8, 4) is 0 Å². The quantitative estimate of drug-likeness (QED) is 0.527. The molecule has 18 heavy (non-hydrogen) atoms. The number of hydrogen-bond donors (Lipinski definition) is 4. The smallest absolute Gasteiger partial charge is 0.271 e. The summed E-state index contributed by atoms with van der Waals surface area (Å²) in [5.41, 5.74) is 17.1. The van der Waals surface area contributed by atoms with Crippen molar-refractivity contribution in [2.24, 2.45) is 17.2 Å². The van der Waals surface area contributed by atoms with E-state index in [1.165, 1.54) is 17.5 Å². The third kappa shape index (κ3) is 4.56. The molecule has 0 aliphatic rings. The number of nitrogens with zero attached hydrogens (tertiary/aromatic N) is 1. The molecule has 0 saturated heterocycles. The zero-order chi connectivity index (χ0) is 13.4. The van der Waals surface area contributed by atoms with Gasteiger partial charge in [0.15, 0.2) is 0 Å². The molecule has 6 nitrogen and oxygen atoms in total. The molecule has 0 bridgehead atoms. The van der Waals surface area contributed by atoms with E-state index in [2.05, 4.69) is 10.3 Å². The topological polar surface area (TPSA) is 120 Å². The molecular formula is C11H17N5OS. The van der Waals surface area contributed by atoms with Crippen LogP contribution in [0.15, 0.2) is 29.4 Å². The van der Waals surface area contributed by atoms with Gasteiger partial charge in [-0.3, -0.25) is 4.79 Å². The normalized spacial score (nSPS) is 11.9. The van der Waals surface area contributed by atoms with Crippen LogP contribution in [0.2, 0.25) is 0 Å². The van der Waals surface area contributed by atoms with Crippen LogP contribution in [-0.4, -0.2) is 24.0 Å². The van der Waals surface area contributed by atoms with Crippen molar-refractivity contribution in [3.63, 3.8) is 0 Å². The molecule has 1 aromatic rings. The average molecular weight is 267 g/mol. The molecule has 0 aliphatic heterocycles. The Kier molecular flexibility index (Phi) is 5.89. The van der Waals surface area contributed by atoms with Gasteiger partial charge in [-0.2, -0.15) is 0 Å². The molecule has 1 heterocycles. The van der Waals surface area contributed by atoms with Crippen LogP contribution in [0.4, 0.5) is 0 Å². The Hall–Kier alpha value is -1.86. The van der Waals surface area contributed by atoms with E-state index in [-0.39, 0.29) is 12.5 Å². The summed E-state index contributed by atoms with van der Waals surface area (Å²) < 4.78 is 0. The van der Waals surface area contributed by atoms with Gasteiger partial charge in [0.2, 0.25) is 0 Å². The lowest BCUT2D eigenvalue weighted by atomic mass is 10.3. The number of hydrogen-bond acceptors (Lipinski definition) is 6. The summed E-state index contributed by atoms with van der Waals surface area (Å²) in [6.45, 7) is 0.780. The third-order valence-electron chi connectivity index (χ3n) is 2.02. The molecular weight excluding hydrogens is 250 g/mol. The Bertz CT molecular complexity index is 452. The second-order valence-electron chi connectivity index (χ2n) is 3.47. The molecule has 0 spiro atoms. The van der Waals surface area contributed by atoms with Crippen LogP contribution >= 0.6 is 11.3 Å². The number of carbonyl (C=O) groups excluding carboxylic acids is 1. The maximum absolute atomic E-state index is 11.7. The fraction of sp³-hybridized carbons (Fsp3) is 0.273. The number of nitrogens with one attached hydrogen (secondary N) is 1. The van der Waals surface area contributed by atoms with Crippen LogP contribution in [0.3, 0.4) is 0 Å². The van der Waals surface area contributed by atoms with Gasteiger partial charge in [-0.05, 0) is 24.9 Å². The summed E-state index contributed by atoms with van der Waals surface area (Å²) in [4.78, 5) is 15.9. The summed E-state index contributed by atoms with van der Waals surface area (Å²) in [6.07, 6.45) is 5.28. The van der Waals surface area contributed by atoms with Crippen molar-refractivity contribution in [3.05, 3.63) is 40.1 Å². The molecule has 0 aliphatic carbocycles. The Morgan fingerprint density at radius 2 is 2.33 bits per heavy atom. The van der Waals surface area contributed by atoms with Crippen LogP contribution < -0.4 is 22.5 Å². The van der Waals surface area contributed by atoms with Crippen molar-refractivity contribution in [2.45, 2.75) is 6.42 Å². The summed E-state index contributed by atoms with van der Waals surface area (Å²) in [7, 11) is 0. The van der Waals surface area contributed by atoms with E-state index in [4.69, 9.17) is 17.2 Å². The van der Waals surface area contributed by atoms with Gasteiger partial charge in [-0.15, -0.1) is 11.3 Å². The highest BCUT2D eigenvalue weighted by Crippen LogP contribution is 2.09. The van der Waals surface area contributed by atoms with Gasteiger partial charge in [-0.1, -0.05) is 0 Å². The van der Waals surface area contributed by atoms with E-state index in [9.17, 15) is 4.79 Å². The number of rotatable bonds is 6. The van der Waals surface area contributed by atoms with E-state index in [1.807, 2.05) is 0 Å².